The molecule has 2 atom stereocenters. The van der Waals surface area contributed by atoms with Crippen LogP contribution in [0.4, 0.5) is 0 Å². The highest BCUT2D eigenvalue weighted by Crippen LogP contribution is 2.23. The van der Waals surface area contributed by atoms with Gasteiger partial charge in [-0.15, -0.1) is 10.2 Å². The van der Waals surface area contributed by atoms with Gasteiger partial charge in [-0.1, -0.05) is 19.8 Å². The summed E-state index contributed by atoms with van der Waals surface area (Å²) in [6.45, 7) is 4.37. The zero-order chi connectivity index (χ0) is 12.4. The van der Waals surface area contributed by atoms with Crippen molar-refractivity contribution in [3.8, 4) is 0 Å². The zero-order valence-corrected chi connectivity index (χ0v) is 11.4. The maximum atomic E-state index is 4.35. The monoisotopic (exact) mass is 248 g/mol. The number of hydrogen-bond acceptors (Lipinski definition) is 3. The van der Waals surface area contributed by atoms with Crippen LogP contribution in [0, 0.1) is 5.92 Å². The highest BCUT2D eigenvalue weighted by Gasteiger charge is 2.20. The summed E-state index contributed by atoms with van der Waals surface area (Å²) < 4.78 is 2.32. The number of aryl methyl sites for hydroxylation is 1. The van der Waals surface area contributed by atoms with E-state index in [4.69, 9.17) is 0 Å². The lowest BCUT2D eigenvalue weighted by Gasteiger charge is -2.27. The van der Waals surface area contributed by atoms with Crippen LogP contribution >= 0.6 is 0 Å². The van der Waals surface area contributed by atoms with Gasteiger partial charge in [0.2, 0.25) is 0 Å². The van der Waals surface area contributed by atoms with E-state index in [0.717, 1.165) is 31.3 Å². The van der Waals surface area contributed by atoms with Crippen LogP contribution in [-0.2, 0) is 19.5 Å². The lowest BCUT2D eigenvalue weighted by molar-refractivity contribution is 0.297. The Kier molecular flexibility index (Phi) is 3.64. The molecule has 0 bridgehead atoms. The van der Waals surface area contributed by atoms with E-state index >= 15 is 0 Å². The molecule has 1 aromatic heterocycles. The fraction of sp³-hybridized carbons (Fsp3) is 0.857. The molecule has 0 spiro atoms. The van der Waals surface area contributed by atoms with Gasteiger partial charge in [0.05, 0.1) is 6.54 Å². The molecule has 4 heteroatoms. The van der Waals surface area contributed by atoms with Crippen LogP contribution in [0.3, 0.4) is 0 Å². The maximum absolute atomic E-state index is 4.35. The normalized spacial score (nSPS) is 28.1. The summed E-state index contributed by atoms with van der Waals surface area (Å²) in [4.78, 5) is 0. The highest BCUT2D eigenvalue weighted by molar-refractivity contribution is 4.99. The Labute approximate surface area is 109 Å². The minimum Gasteiger partial charge on any atom is -0.314 e. The lowest BCUT2D eigenvalue weighted by atomic mass is 9.87. The molecule has 0 saturated heterocycles. The number of nitrogens with zero attached hydrogens (tertiary/aromatic N) is 3. The summed E-state index contributed by atoms with van der Waals surface area (Å²) >= 11 is 0. The number of aromatic nitrogens is 3. The van der Waals surface area contributed by atoms with E-state index in [0.29, 0.717) is 6.04 Å². The van der Waals surface area contributed by atoms with Gasteiger partial charge in [0.15, 0.2) is 0 Å². The molecule has 1 aliphatic carbocycles. The fourth-order valence-electron chi connectivity index (χ4n) is 3.35. The fourth-order valence-corrected chi connectivity index (χ4v) is 3.35. The Balaban J connectivity index is 1.58. The molecular formula is C14H24N4. The van der Waals surface area contributed by atoms with Gasteiger partial charge < -0.3 is 9.88 Å². The van der Waals surface area contributed by atoms with Crippen LogP contribution in [0.5, 0.6) is 0 Å². The Bertz CT molecular complexity index is 398. The predicted molar refractivity (Wildman–Crippen MR) is 71.2 cm³/mol. The molecule has 3 rings (SSSR count). The van der Waals surface area contributed by atoms with E-state index in [2.05, 4.69) is 27.0 Å². The topological polar surface area (TPSA) is 42.7 Å². The van der Waals surface area contributed by atoms with E-state index in [1.807, 2.05) is 0 Å². The highest BCUT2D eigenvalue weighted by atomic mass is 15.3. The zero-order valence-electron chi connectivity index (χ0n) is 11.4. The predicted octanol–water partition coefficient (Wildman–Crippen LogP) is 2.28. The summed E-state index contributed by atoms with van der Waals surface area (Å²) in [7, 11) is 0. The van der Waals surface area contributed by atoms with Crippen molar-refractivity contribution >= 4 is 0 Å². The molecular weight excluding hydrogens is 224 g/mol. The van der Waals surface area contributed by atoms with Crippen molar-refractivity contribution in [2.24, 2.45) is 5.92 Å². The Morgan fingerprint density at radius 3 is 3.06 bits per heavy atom. The number of hydrogen-bond donors (Lipinski definition) is 1. The first-order valence-electron chi connectivity index (χ1n) is 7.47. The van der Waals surface area contributed by atoms with Crippen LogP contribution in [-0.4, -0.2) is 20.8 Å². The van der Waals surface area contributed by atoms with E-state index < -0.39 is 0 Å². The Morgan fingerprint density at radius 1 is 1.22 bits per heavy atom. The standard InChI is InChI=1S/C14H24N4/c1-11-5-4-6-12(9-11)15-10-14-17-16-13-7-2-3-8-18(13)14/h11-12,15H,2-10H2,1H3. The molecule has 1 saturated carbocycles. The smallest absolute Gasteiger partial charge is 0.147 e. The number of nitrogens with one attached hydrogen (secondary N) is 1. The average molecular weight is 248 g/mol. The lowest BCUT2D eigenvalue weighted by Crippen LogP contribution is -2.34. The third-order valence-corrected chi connectivity index (χ3v) is 4.42. The second kappa shape index (κ2) is 5.39. The molecule has 0 amide bonds. The van der Waals surface area contributed by atoms with Crippen LogP contribution in [0.1, 0.15) is 57.1 Å². The van der Waals surface area contributed by atoms with Gasteiger partial charge in [-0.3, -0.25) is 0 Å². The third kappa shape index (κ3) is 2.58. The molecule has 18 heavy (non-hydrogen) atoms. The van der Waals surface area contributed by atoms with Crippen LogP contribution in [0.2, 0.25) is 0 Å². The second-order valence-corrected chi connectivity index (χ2v) is 5.99. The first-order valence-corrected chi connectivity index (χ1v) is 7.47. The molecule has 1 fully saturated rings. The minimum atomic E-state index is 0.685. The third-order valence-electron chi connectivity index (χ3n) is 4.42. The maximum Gasteiger partial charge on any atom is 0.147 e. The quantitative estimate of drug-likeness (QED) is 0.892. The molecule has 100 valence electrons. The first kappa shape index (κ1) is 12.2. The van der Waals surface area contributed by atoms with Crippen LogP contribution in [0.25, 0.3) is 0 Å². The second-order valence-electron chi connectivity index (χ2n) is 5.99. The molecule has 2 aliphatic rings. The SMILES string of the molecule is CC1CCCC(NCc2nnc3n2CCCC3)C1. The average Bonchev–Trinajstić information content (AvgIpc) is 2.80. The van der Waals surface area contributed by atoms with Crippen LogP contribution < -0.4 is 5.32 Å². The van der Waals surface area contributed by atoms with E-state index in [9.17, 15) is 0 Å². The van der Waals surface area contributed by atoms with Gasteiger partial charge >= 0.3 is 0 Å². The van der Waals surface area contributed by atoms with Crippen molar-refractivity contribution in [1.29, 1.82) is 0 Å². The number of rotatable bonds is 3. The molecule has 1 aromatic rings. The summed E-state index contributed by atoms with van der Waals surface area (Å²) in [6.07, 6.45) is 9.07. The summed E-state index contributed by atoms with van der Waals surface area (Å²) in [5.41, 5.74) is 0. The minimum absolute atomic E-state index is 0.685. The van der Waals surface area contributed by atoms with Gasteiger partial charge in [0.1, 0.15) is 11.6 Å². The van der Waals surface area contributed by atoms with E-state index in [1.54, 1.807) is 0 Å². The molecule has 2 unspecified atom stereocenters. The molecule has 0 aromatic carbocycles. The molecule has 1 N–H and O–H groups in total. The Morgan fingerprint density at radius 2 is 2.17 bits per heavy atom. The summed E-state index contributed by atoms with van der Waals surface area (Å²) in [5.74, 6) is 3.21. The largest absolute Gasteiger partial charge is 0.314 e. The van der Waals surface area contributed by atoms with E-state index in [-0.39, 0.29) is 0 Å². The van der Waals surface area contributed by atoms with Gasteiger partial charge in [0.25, 0.3) is 0 Å². The molecule has 2 heterocycles. The van der Waals surface area contributed by atoms with Crippen molar-refractivity contribution < 1.29 is 0 Å². The van der Waals surface area contributed by atoms with Gasteiger partial charge in [-0.05, 0) is 31.6 Å². The first-order chi connectivity index (χ1) is 8.83. The molecule has 4 nitrogen and oxygen atoms in total. The molecule has 1 aliphatic heterocycles. The van der Waals surface area contributed by atoms with Gasteiger partial charge in [-0.2, -0.15) is 0 Å². The van der Waals surface area contributed by atoms with Crippen molar-refractivity contribution in [3.63, 3.8) is 0 Å². The number of fused-ring (bicyclic) bond motifs is 1. The molecule has 0 radical (unpaired) electrons. The van der Waals surface area contributed by atoms with E-state index in [1.165, 1.54) is 44.3 Å². The van der Waals surface area contributed by atoms with Crippen molar-refractivity contribution in [3.05, 3.63) is 11.6 Å². The van der Waals surface area contributed by atoms with Crippen molar-refractivity contribution in [2.45, 2.75) is 71.0 Å². The van der Waals surface area contributed by atoms with Gasteiger partial charge in [0, 0.05) is 19.0 Å². The Hall–Kier alpha value is -0.900. The van der Waals surface area contributed by atoms with Crippen molar-refractivity contribution in [2.75, 3.05) is 0 Å². The summed E-state index contributed by atoms with van der Waals surface area (Å²) in [5, 5.41) is 12.3. The van der Waals surface area contributed by atoms with Crippen LogP contribution in [0.15, 0.2) is 0 Å². The summed E-state index contributed by atoms with van der Waals surface area (Å²) in [6, 6.07) is 0.685. The van der Waals surface area contributed by atoms with Gasteiger partial charge in [-0.25, -0.2) is 0 Å². The van der Waals surface area contributed by atoms with Crippen molar-refractivity contribution in [1.82, 2.24) is 20.1 Å².